The van der Waals surface area contributed by atoms with E-state index in [9.17, 15) is 4.79 Å². The molecule has 0 aliphatic rings. The third-order valence-electron chi connectivity index (χ3n) is 2.44. The number of aromatic carboxylic acids is 1. The van der Waals surface area contributed by atoms with E-state index < -0.39 is 5.97 Å². The number of pyridine rings is 1. The monoisotopic (exact) mass is 229 g/mol. The zero-order valence-corrected chi connectivity index (χ0v) is 9.00. The van der Waals surface area contributed by atoms with Gasteiger partial charge in [0.25, 0.3) is 0 Å². The van der Waals surface area contributed by atoms with Crippen molar-refractivity contribution in [2.75, 3.05) is 0 Å². The second-order valence-electron chi connectivity index (χ2n) is 3.56. The molecular weight excluding hydrogens is 218 g/mol. The van der Waals surface area contributed by atoms with Gasteiger partial charge in [-0.25, -0.2) is 4.79 Å². The van der Waals surface area contributed by atoms with E-state index >= 15 is 0 Å². The fourth-order valence-corrected chi connectivity index (χ4v) is 1.57. The van der Waals surface area contributed by atoms with Crippen molar-refractivity contribution < 1.29 is 15.0 Å². The summed E-state index contributed by atoms with van der Waals surface area (Å²) in [7, 11) is 0. The van der Waals surface area contributed by atoms with Gasteiger partial charge in [0.05, 0.1) is 17.9 Å². The minimum absolute atomic E-state index is 0.0755. The summed E-state index contributed by atoms with van der Waals surface area (Å²) in [4.78, 5) is 15.2. The number of aliphatic hydroxyl groups excluding tert-OH is 1. The molecule has 0 fully saturated rings. The Bertz CT molecular complexity index is 535. The number of hydrogen-bond donors (Lipinski definition) is 2. The Morgan fingerprint density at radius 1 is 1.18 bits per heavy atom. The Hall–Kier alpha value is -2.20. The molecule has 0 amide bonds. The van der Waals surface area contributed by atoms with Crippen LogP contribution in [0.25, 0.3) is 11.3 Å². The number of carboxylic acids is 1. The van der Waals surface area contributed by atoms with E-state index in [4.69, 9.17) is 10.2 Å². The zero-order valence-electron chi connectivity index (χ0n) is 9.00. The maximum Gasteiger partial charge on any atom is 0.336 e. The topological polar surface area (TPSA) is 70.4 Å². The molecule has 0 aliphatic heterocycles. The van der Waals surface area contributed by atoms with Crippen molar-refractivity contribution in [1.82, 2.24) is 4.98 Å². The van der Waals surface area contributed by atoms with E-state index in [1.165, 1.54) is 6.20 Å². The van der Waals surface area contributed by atoms with Crippen LogP contribution in [0.5, 0.6) is 0 Å². The molecule has 0 saturated carbocycles. The average molecular weight is 229 g/mol. The van der Waals surface area contributed by atoms with Crippen LogP contribution < -0.4 is 0 Å². The van der Waals surface area contributed by atoms with Crippen LogP contribution in [0, 0.1) is 0 Å². The van der Waals surface area contributed by atoms with Gasteiger partial charge in [-0.15, -0.1) is 0 Å². The lowest BCUT2D eigenvalue weighted by Gasteiger charge is -2.05. The van der Waals surface area contributed by atoms with Crippen LogP contribution >= 0.6 is 0 Å². The van der Waals surface area contributed by atoms with Crippen LogP contribution in [0.2, 0.25) is 0 Å². The number of hydrogen-bond acceptors (Lipinski definition) is 3. The Kier molecular flexibility index (Phi) is 3.16. The predicted octanol–water partition coefficient (Wildman–Crippen LogP) is 1.94. The van der Waals surface area contributed by atoms with Gasteiger partial charge in [0.2, 0.25) is 0 Å². The SMILES string of the molecule is O=C(O)c1ccccc1-c1ccc(CO)cn1. The molecule has 1 heterocycles. The first kappa shape index (κ1) is 11.3. The van der Waals surface area contributed by atoms with Gasteiger partial charge in [0.1, 0.15) is 0 Å². The summed E-state index contributed by atoms with van der Waals surface area (Å²) >= 11 is 0. The maximum atomic E-state index is 11.1. The van der Waals surface area contributed by atoms with Crippen molar-refractivity contribution in [2.24, 2.45) is 0 Å². The molecule has 0 radical (unpaired) electrons. The number of carbonyl (C=O) groups is 1. The fourth-order valence-electron chi connectivity index (χ4n) is 1.57. The molecule has 1 aromatic carbocycles. The summed E-state index contributed by atoms with van der Waals surface area (Å²) in [6.07, 6.45) is 1.54. The van der Waals surface area contributed by atoms with Crippen molar-refractivity contribution in [1.29, 1.82) is 0 Å². The molecule has 4 heteroatoms. The van der Waals surface area contributed by atoms with Crippen LogP contribution in [0.1, 0.15) is 15.9 Å². The highest BCUT2D eigenvalue weighted by Crippen LogP contribution is 2.21. The Balaban J connectivity index is 2.48. The average Bonchev–Trinajstić information content (AvgIpc) is 2.39. The van der Waals surface area contributed by atoms with Crippen molar-refractivity contribution in [3.05, 3.63) is 53.7 Å². The minimum Gasteiger partial charge on any atom is -0.478 e. The number of carboxylic acid groups (broad SMARTS) is 1. The second kappa shape index (κ2) is 4.76. The highest BCUT2D eigenvalue weighted by molar-refractivity contribution is 5.95. The smallest absolute Gasteiger partial charge is 0.336 e. The summed E-state index contributed by atoms with van der Waals surface area (Å²) < 4.78 is 0. The Labute approximate surface area is 98.2 Å². The summed E-state index contributed by atoms with van der Waals surface area (Å²) in [5.74, 6) is -0.978. The largest absolute Gasteiger partial charge is 0.478 e. The van der Waals surface area contributed by atoms with Gasteiger partial charge >= 0.3 is 5.97 Å². The number of rotatable bonds is 3. The van der Waals surface area contributed by atoms with Crippen LogP contribution in [-0.4, -0.2) is 21.2 Å². The Morgan fingerprint density at radius 3 is 2.53 bits per heavy atom. The molecule has 2 N–H and O–H groups in total. The summed E-state index contributed by atoms with van der Waals surface area (Å²) in [6.45, 7) is -0.0755. The van der Waals surface area contributed by atoms with Crippen molar-refractivity contribution in [3.8, 4) is 11.3 Å². The molecule has 2 aromatic rings. The third-order valence-corrected chi connectivity index (χ3v) is 2.44. The third kappa shape index (κ3) is 2.32. The van der Waals surface area contributed by atoms with Crippen molar-refractivity contribution >= 4 is 5.97 Å². The molecule has 0 aliphatic carbocycles. The van der Waals surface area contributed by atoms with Gasteiger partial charge < -0.3 is 10.2 Å². The fraction of sp³-hybridized carbons (Fsp3) is 0.0769. The summed E-state index contributed by atoms with van der Waals surface area (Å²) in [5.41, 5.74) is 2.07. The van der Waals surface area contributed by atoms with Gasteiger partial charge in [0, 0.05) is 11.8 Å². The first-order chi connectivity index (χ1) is 8.22. The first-order valence-electron chi connectivity index (χ1n) is 5.11. The van der Waals surface area contributed by atoms with Crippen molar-refractivity contribution in [3.63, 3.8) is 0 Å². The number of benzene rings is 1. The normalized spacial score (nSPS) is 10.2. The highest BCUT2D eigenvalue weighted by atomic mass is 16.4. The van der Waals surface area contributed by atoms with Gasteiger partial charge in [-0.1, -0.05) is 24.3 Å². The standard InChI is InChI=1S/C13H11NO3/c15-8-9-5-6-12(14-7-9)10-3-1-2-4-11(10)13(16)17/h1-7,15H,8H2,(H,16,17). The molecule has 0 bridgehead atoms. The van der Waals surface area contributed by atoms with E-state index in [1.807, 2.05) is 0 Å². The molecule has 0 spiro atoms. The van der Waals surface area contributed by atoms with E-state index in [0.29, 0.717) is 16.8 Å². The maximum absolute atomic E-state index is 11.1. The van der Waals surface area contributed by atoms with Crippen LogP contribution in [-0.2, 0) is 6.61 Å². The van der Waals surface area contributed by atoms with Gasteiger partial charge in [-0.2, -0.15) is 0 Å². The molecule has 2 rings (SSSR count). The number of nitrogens with zero attached hydrogens (tertiary/aromatic N) is 1. The first-order valence-corrected chi connectivity index (χ1v) is 5.11. The highest BCUT2D eigenvalue weighted by Gasteiger charge is 2.11. The minimum atomic E-state index is -0.978. The zero-order chi connectivity index (χ0) is 12.3. The Morgan fingerprint density at radius 2 is 1.94 bits per heavy atom. The predicted molar refractivity (Wildman–Crippen MR) is 62.6 cm³/mol. The van der Waals surface area contributed by atoms with E-state index in [0.717, 1.165) is 0 Å². The molecular formula is C13H11NO3. The lowest BCUT2D eigenvalue weighted by atomic mass is 10.0. The molecule has 0 saturated heterocycles. The summed E-state index contributed by atoms with van der Waals surface area (Å²) in [6, 6.07) is 10.1. The van der Waals surface area contributed by atoms with E-state index in [1.54, 1.807) is 36.4 Å². The molecule has 86 valence electrons. The molecule has 4 nitrogen and oxygen atoms in total. The van der Waals surface area contributed by atoms with Crippen LogP contribution in [0.15, 0.2) is 42.6 Å². The molecule has 1 aromatic heterocycles. The lowest BCUT2D eigenvalue weighted by Crippen LogP contribution is -2.00. The van der Waals surface area contributed by atoms with Gasteiger partial charge in [-0.3, -0.25) is 4.98 Å². The van der Waals surface area contributed by atoms with Gasteiger partial charge in [-0.05, 0) is 17.7 Å². The number of aliphatic hydroxyl groups is 1. The molecule has 0 atom stereocenters. The lowest BCUT2D eigenvalue weighted by molar-refractivity contribution is 0.0697. The summed E-state index contributed by atoms with van der Waals surface area (Å²) in [5, 5.41) is 18.0. The van der Waals surface area contributed by atoms with E-state index in [-0.39, 0.29) is 12.2 Å². The van der Waals surface area contributed by atoms with Crippen LogP contribution in [0.3, 0.4) is 0 Å². The second-order valence-corrected chi connectivity index (χ2v) is 3.56. The van der Waals surface area contributed by atoms with E-state index in [2.05, 4.69) is 4.98 Å². The van der Waals surface area contributed by atoms with Crippen molar-refractivity contribution in [2.45, 2.75) is 6.61 Å². The number of aromatic nitrogens is 1. The quantitative estimate of drug-likeness (QED) is 0.843. The van der Waals surface area contributed by atoms with Crippen LogP contribution in [0.4, 0.5) is 0 Å². The molecule has 0 unspecified atom stereocenters. The molecule has 17 heavy (non-hydrogen) atoms. The van der Waals surface area contributed by atoms with Gasteiger partial charge in [0.15, 0.2) is 0 Å².